The van der Waals surface area contributed by atoms with Crippen LogP contribution in [0.15, 0.2) is 30.3 Å². The summed E-state index contributed by atoms with van der Waals surface area (Å²) in [6, 6.07) is 10.9. The van der Waals surface area contributed by atoms with Gasteiger partial charge in [0.05, 0.1) is 14.1 Å². The van der Waals surface area contributed by atoms with Crippen LogP contribution in [0.2, 0.25) is 0 Å². The molecule has 0 spiro atoms. The number of quaternary nitrogens is 1. The van der Waals surface area contributed by atoms with Crippen LogP contribution in [0, 0.1) is 0 Å². The molecule has 0 aliphatic heterocycles. The van der Waals surface area contributed by atoms with E-state index < -0.39 is 0 Å². The molecule has 21 heavy (non-hydrogen) atoms. The van der Waals surface area contributed by atoms with Crippen molar-refractivity contribution < 1.29 is 5.32 Å². The molecule has 1 aromatic carbocycles. The minimum absolute atomic E-state index is 1.26. The summed E-state index contributed by atoms with van der Waals surface area (Å²) in [7, 11) is 4.00. The summed E-state index contributed by atoms with van der Waals surface area (Å²) < 4.78 is 0. The Labute approximate surface area is 133 Å². The first kappa shape index (κ1) is 20.2. The Kier molecular flexibility index (Phi) is 16.6. The van der Waals surface area contributed by atoms with Gasteiger partial charge in [0.2, 0.25) is 0 Å². The normalized spacial score (nSPS) is 10.0. The highest BCUT2D eigenvalue weighted by Gasteiger charge is 1.94. The minimum atomic E-state index is 1.26. The average molecular weight is 293 g/mol. The zero-order valence-electron chi connectivity index (χ0n) is 14.7. The molecule has 2 N–H and O–H groups in total. The molecular formula is C20H38N+. The van der Waals surface area contributed by atoms with Crippen LogP contribution >= 0.6 is 0 Å². The summed E-state index contributed by atoms with van der Waals surface area (Å²) in [5.41, 5.74) is 1.50. The summed E-state index contributed by atoms with van der Waals surface area (Å²) >= 11 is 0. The predicted octanol–water partition coefficient (Wildman–Crippen LogP) is 4.96. The molecule has 1 heteroatoms. The summed E-state index contributed by atoms with van der Waals surface area (Å²) in [5.74, 6) is 0. The van der Waals surface area contributed by atoms with Crippen molar-refractivity contribution in [1.29, 1.82) is 0 Å². The van der Waals surface area contributed by atoms with Gasteiger partial charge in [-0.05, 0) is 18.4 Å². The third-order valence-corrected chi connectivity index (χ3v) is 3.66. The summed E-state index contributed by atoms with van der Waals surface area (Å²) in [6.07, 6.45) is 15.5. The molecule has 122 valence electrons. The number of benzene rings is 1. The molecule has 0 radical (unpaired) electrons. The molecule has 0 atom stereocenters. The second-order valence-electron chi connectivity index (χ2n) is 5.99. The Morgan fingerprint density at radius 2 is 1.10 bits per heavy atom. The number of unbranched alkanes of at least 4 members (excludes halogenated alkanes) is 9. The van der Waals surface area contributed by atoms with E-state index >= 15 is 0 Å². The van der Waals surface area contributed by atoms with E-state index in [0.29, 0.717) is 0 Å². The Morgan fingerprint density at radius 3 is 1.57 bits per heavy atom. The van der Waals surface area contributed by atoms with Crippen LogP contribution < -0.4 is 5.32 Å². The number of rotatable bonds is 11. The van der Waals surface area contributed by atoms with Gasteiger partial charge in [0.25, 0.3) is 0 Å². The first-order chi connectivity index (χ1) is 10.3. The largest absolute Gasteiger partial charge is 0.351 e. The van der Waals surface area contributed by atoms with E-state index in [2.05, 4.69) is 37.3 Å². The van der Waals surface area contributed by atoms with Crippen molar-refractivity contribution >= 4 is 0 Å². The van der Waals surface area contributed by atoms with Gasteiger partial charge in [-0.2, -0.15) is 0 Å². The molecule has 0 saturated carbocycles. The van der Waals surface area contributed by atoms with E-state index in [-0.39, 0.29) is 0 Å². The molecule has 1 aromatic rings. The van der Waals surface area contributed by atoms with E-state index in [9.17, 15) is 0 Å². The standard InChI is InChI=1S/C18H30.C2H7N/c1-2-3-4-5-6-7-8-9-10-12-15-18-16-13-11-14-17-18;1-3-2/h11,13-14,16-17H,2-10,12,15H2,1H3;3H,1-2H3/p+1. The fraction of sp³-hybridized carbons (Fsp3) is 0.700. The lowest BCUT2D eigenvalue weighted by Gasteiger charge is -2.03. The number of hydrogen-bond acceptors (Lipinski definition) is 0. The molecule has 0 amide bonds. The second-order valence-corrected chi connectivity index (χ2v) is 5.99. The highest BCUT2D eigenvalue weighted by atomic mass is 14.7. The summed E-state index contributed by atoms with van der Waals surface area (Å²) in [6.45, 7) is 2.28. The highest BCUT2D eigenvalue weighted by molar-refractivity contribution is 5.14. The molecular weight excluding hydrogens is 254 g/mol. The van der Waals surface area contributed by atoms with Gasteiger partial charge in [0.15, 0.2) is 0 Å². The third kappa shape index (κ3) is 15.4. The molecule has 0 aliphatic rings. The SMILES string of the molecule is CCCCCCCCCCCCc1ccccc1.C[NH2+]C. The van der Waals surface area contributed by atoms with Crippen molar-refractivity contribution in [2.75, 3.05) is 14.1 Å². The first-order valence-electron chi connectivity index (χ1n) is 9.13. The highest BCUT2D eigenvalue weighted by Crippen LogP contribution is 2.12. The average Bonchev–Trinajstić information content (AvgIpc) is 2.51. The Hall–Kier alpha value is -0.820. The van der Waals surface area contributed by atoms with Crippen LogP contribution in [0.3, 0.4) is 0 Å². The third-order valence-electron chi connectivity index (χ3n) is 3.66. The predicted molar refractivity (Wildman–Crippen MR) is 95.8 cm³/mol. The molecule has 0 aliphatic carbocycles. The van der Waals surface area contributed by atoms with Crippen LogP contribution in [-0.2, 0) is 6.42 Å². The van der Waals surface area contributed by atoms with Gasteiger partial charge in [0.1, 0.15) is 0 Å². The van der Waals surface area contributed by atoms with Crippen molar-refractivity contribution in [2.45, 2.75) is 77.6 Å². The van der Waals surface area contributed by atoms with E-state index in [0.717, 1.165) is 0 Å². The van der Waals surface area contributed by atoms with Crippen molar-refractivity contribution in [3.8, 4) is 0 Å². The van der Waals surface area contributed by atoms with E-state index in [1.54, 1.807) is 0 Å². The number of nitrogens with two attached hydrogens (primary N) is 1. The molecule has 0 bridgehead atoms. The molecule has 0 heterocycles. The number of aryl methyl sites for hydroxylation is 1. The fourth-order valence-electron chi connectivity index (χ4n) is 2.46. The van der Waals surface area contributed by atoms with E-state index in [1.165, 1.54) is 76.2 Å². The van der Waals surface area contributed by atoms with Gasteiger partial charge in [-0.1, -0.05) is 95.0 Å². The monoisotopic (exact) mass is 292 g/mol. The van der Waals surface area contributed by atoms with Gasteiger partial charge in [-0.3, -0.25) is 0 Å². The lowest BCUT2D eigenvalue weighted by atomic mass is 10.0. The van der Waals surface area contributed by atoms with E-state index in [1.807, 2.05) is 19.4 Å². The zero-order chi connectivity index (χ0) is 15.6. The lowest BCUT2D eigenvalue weighted by molar-refractivity contribution is -0.597. The Morgan fingerprint density at radius 1 is 0.667 bits per heavy atom. The van der Waals surface area contributed by atoms with Crippen LogP contribution in [0.5, 0.6) is 0 Å². The van der Waals surface area contributed by atoms with Crippen molar-refractivity contribution in [2.24, 2.45) is 0 Å². The smallest absolute Gasteiger partial charge is 0.0647 e. The van der Waals surface area contributed by atoms with Crippen molar-refractivity contribution in [3.05, 3.63) is 35.9 Å². The topological polar surface area (TPSA) is 16.6 Å². The molecule has 0 unspecified atom stereocenters. The van der Waals surface area contributed by atoms with Crippen LogP contribution in [0.1, 0.15) is 76.7 Å². The fourth-order valence-corrected chi connectivity index (χ4v) is 2.46. The summed E-state index contributed by atoms with van der Waals surface area (Å²) in [5, 5.41) is 2.00. The molecule has 1 rings (SSSR count). The minimum Gasteiger partial charge on any atom is -0.351 e. The molecule has 0 fully saturated rings. The van der Waals surface area contributed by atoms with Crippen LogP contribution in [0.4, 0.5) is 0 Å². The van der Waals surface area contributed by atoms with Crippen molar-refractivity contribution in [3.63, 3.8) is 0 Å². The Balaban J connectivity index is 0.00000122. The maximum atomic E-state index is 2.28. The first-order valence-corrected chi connectivity index (χ1v) is 9.13. The zero-order valence-corrected chi connectivity index (χ0v) is 14.7. The second kappa shape index (κ2) is 17.2. The molecule has 1 nitrogen and oxygen atoms in total. The van der Waals surface area contributed by atoms with Gasteiger partial charge in [0, 0.05) is 0 Å². The van der Waals surface area contributed by atoms with Gasteiger partial charge >= 0.3 is 0 Å². The maximum Gasteiger partial charge on any atom is 0.0647 e. The summed E-state index contributed by atoms with van der Waals surface area (Å²) in [4.78, 5) is 0. The van der Waals surface area contributed by atoms with Crippen LogP contribution in [-0.4, -0.2) is 14.1 Å². The van der Waals surface area contributed by atoms with E-state index in [4.69, 9.17) is 0 Å². The maximum absolute atomic E-state index is 2.28. The molecule has 0 saturated heterocycles. The van der Waals surface area contributed by atoms with Gasteiger partial charge < -0.3 is 5.32 Å². The molecule has 0 aromatic heterocycles. The number of hydrogen-bond donors (Lipinski definition) is 1. The van der Waals surface area contributed by atoms with Gasteiger partial charge in [-0.15, -0.1) is 0 Å². The lowest BCUT2D eigenvalue weighted by Crippen LogP contribution is -2.74. The Bertz CT molecular complexity index is 281. The quantitative estimate of drug-likeness (QED) is 0.555. The van der Waals surface area contributed by atoms with Gasteiger partial charge in [-0.25, -0.2) is 0 Å². The van der Waals surface area contributed by atoms with Crippen molar-refractivity contribution in [1.82, 2.24) is 0 Å². The van der Waals surface area contributed by atoms with Crippen LogP contribution in [0.25, 0.3) is 0 Å².